The molecule has 55 heavy (non-hydrogen) atoms. The van der Waals surface area contributed by atoms with Gasteiger partial charge in [0.1, 0.15) is 12.2 Å². The van der Waals surface area contributed by atoms with Crippen molar-refractivity contribution in [2.75, 3.05) is 165 Å². The van der Waals surface area contributed by atoms with Crippen LogP contribution in [0.2, 0.25) is 0 Å². The molecule has 17 heteroatoms. The zero-order valence-electron chi connectivity index (χ0n) is 33.6. The zero-order chi connectivity index (χ0) is 39.9. The van der Waals surface area contributed by atoms with Crippen LogP contribution in [0.3, 0.4) is 0 Å². The second kappa shape index (κ2) is 36.9. The highest BCUT2D eigenvalue weighted by atomic mass is 16.6. The Bertz CT molecular complexity index is 1000. The summed E-state index contributed by atoms with van der Waals surface area (Å²) in [5, 5.41) is 2.64. The van der Waals surface area contributed by atoms with Crippen molar-refractivity contribution in [1.29, 1.82) is 0 Å². The van der Waals surface area contributed by atoms with E-state index < -0.39 is 11.7 Å². The smallest absolute Gasteiger partial charge is 0.410 e. The van der Waals surface area contributed by atoms with E-state index >= 15 is 0 Å². The van der Waals surface area contributed by atoms with Gasteiger partial charge in [-0.15, -0.1) is 0 Å². The molecule has 0 spiro atoms. The van der Waals surface area contributed by atoms with Crippen LogP contribution in [0.15, 0.2) is 30.3 Å². The number of nitrogens with one attached hydrogen (secondary N) is 1. The number of hydrogen-bond acceptors (Lipinski definition) is 15. The van der Waals surface area contributed by atoms with E-state index in [-0.39, 0.29) is 12.7 Å². The maximum Gasteiger partial charge on any atom is 0.410 e. The molecule has 0 aliphatic carbocycles. The topological polar surface area (TPSA) is 169 Å². The Hall–Kier alpha value is -2.68. The Balaban J connectivity index is 1.66. The minimum atomic E-state index is -0.515. The molecule has 17 nitrogen and oxygen atoms in total. The van der Waals surface area contributed by atoms with Gasteiger partial charge >= 0.3 is 12.2 Å². The number of benzene rings is 1. The van der Waals surface area contributed by atoms with Crippen molar-refractivity contribution in [1.82, 2.24) is 10.2 Å². The van der Waals surface area contributed by atoms with E-state index in [1.165, 1.54) is 4.90 Å². The van der Waals surface area contributed by atoms with Gasteiger partial charge in [0.05, 0.1) is 145 Å². The van der Waals surface area contributed by atoms with Gasteiger partial charge in [-0.2, -0.15) is 0 Å². The quantitative estimate of drug-likeness (QED) is 0.0970. The average Bonchev–Trinajstić information content (AvgIpc) is 3.16. The van der Waals surface area contributed by atoms with E-state index in [0.29, 0.717) is 158 Å². The van der Waals surface area contributed by atoms with Crippen LogP contribution in [0.4, 0.5) is 9.59 Å². The van der Waals surface area contributed by atoms with Crippen LogP contribution in [0, 0.1) is 0 Å². The first-order valence-electron chi connectivity index (χ1n) is 19.0. The number of alkyl carbamates (subject to hydrolysis) is 1. The molecule has 0 aliphatic rings. The summed E-state index contributed by atoms with van der Waals surface area (Å²) < 4.78 is 70.6. The van der Waals surface area contributed by atoms with E-state index in [9.17, 15) is 9.59 Å². The molecule has 1 aromatic carbocycles. The maximum atomic E-state index is 11.9. The van der Waals surface area contributed by atoms with Gasteiger partial charge in [-0.1, -0.05) is 30.3 Å². The van der Waals surface area contributed by atoms with Crippen molar-refractivity contribution in [3.8, 4) is 0 Å². The second-order valence-electron chi connectivity index (χ2n) is 12.6. The molecule has 0 atom stereocenters. The Labute approximate surface area is 327 Å². The minimum Gasteiger partial charge on any atom is -0.445 e. The molecule has 0 saturated heterocycles. The Kier molecular flexibility index (Phi) is 33.8. The third-order valence-corrected chi connectivity index (χ3v) is 6.72. The normalized spacial score (nSPS) is 11.5. The molecule has 0 saturated carbocycles. The standard InChI is InChI=1S/C38H68N2O15/c1-38(2,3)55-37(42)40(4)11-13-44-15-17-46-19-21-48-23-25-50-27-29-52-31-33-53-32-30-51-28-26-49-24-22-47-20-18-45-16-14-43-12-10-39-36(41)54-34-35-8-6-5-7-9-35/h5-9H,10-34H2,1-4H3,(H,39,41). The molecule has 320 valence electrons. The Morgan fingerprint density at radius 2 is 0.836 bits per heavy atom. The van der Waals surface area contributed by atoms with E-state index in [1.807, 2.05) is 51.1 Å². The SMILES string of the molecule is CN(CCOCCOCCOCCOCCOCCOCCOCCOCCOCCOCCOCCNC(=O)OCc1ccccc1)C(=O)OC(C)(C)C. The second-order valence-corrected chi connectivity index (χ2v) is 12.6. The first-order chi connectivity index (χ1) is 26.8. The highest BCUT2D eigenvalue weighted by Gasteiger charge is 2.19. The van der Waals surface area contributed by atoms with Crippen LogP contribution in [-0.2, 0) is 68.2 Å². The fraction of sp³-hybridized carbons (Fsp3) is 0.789. The Morgan fingerprint density at radius 3 is 1.18 bits per heavy atom. The summed E-state index contributed by atoms with van der Waals surface area (Å²) in [5.41, 5.74) is 0.419. The van der Waals surface area contributed by atoms with Gasteiger partial charge in [0, 0.05) is 20.1 Å². The van der Waals surface area contributed by atoms with Crippen LogP contribution in [0.5, 0.6) is 0 Å². The predicted molar refractivity (Wildman–Crippen MR) is 203 cm³/mol. The predicted octanol–water partition coefficient (Wildman–Crippen LogP) is 2.96. The lowest BCUT2D eigenvalue weighted by molar-refractivity contribution is -0.0276. The monoisotopic (exact) mass is 792 g/mol. The van der Waals surface area contributed by atoms with Gasteiger partial charge in [0.2, 0.25) is 0 Å². The molecule has 2 amide bonds. The number of amides is 2. The number of carbonyl (C=O) groups is 2. The van der Waals surface area contributed by atoms with Crippen molar-refractivity contribution in [3.05, 3.63) is 35.9 Å². The molecule has 1 N–H and O–H groups in total. The Morgan fingerprint density at radius 1 is 0.509 bits per heavy atom. The molecule has 1 aromatic rings. The number of rotatable bonds is 38. The maximum absolute atomic E-state index is 11.9. The van der Waals surface area contributed by atoms with Gasteiger partial charge in [-0.25, -0.2) is 9.59 Å². The highest BCUT2D eigenvalue weighted by molar-refractivity contribution is 5.67. The molecule has 0 fully saturated rings. The third-order valence-electron chi connectivity index (χ3n) is 6.72. The van der Waals surface area contributed by atoms with Crippen molar-refractivity contribution >= 4 is 12.2 Å². The summed E-state index contributed by atoms with van der Waals surface area (Å²) in [6.45, 7) is 16.7. The van der Waals surface area contributed by atoms with E-state index in [1.54, 1.807) is 7.05 Å². The number of nitrogens with zero attached hydrogens (tertiary/aromatic N) is 1. The molecule has 0 bridgehead atoms. The summed E-state index contributed by atoms with van der Waals surface area (Å²) in [7, 11) is 1.68. The third kappa shape index (κ3) is 36.7. The van der Waals surface area contributed by atoms with Crippen LogP contribution in [0.1, 0.15) is 26.3 Å². The zero-order valence-corrected chi connectivity index (χ0v) is 33.6. The van der Waals surface area contributed by atoms with Crippen molar-refractivity contribution in [2.45, 2.75) is 33.0 Å². The number of ether oxygens (including phenoxy) is 13. The van der Waals surface area contributed by atoms with Crippen LogP contribution in [0.25, 0.3) is 0 Å². The van der Waals surface area contributed by atoms with Crippen molar-refractivity contribution < 1.29 is 71.2 Å². The van der Waals surface area contributed by atoms with Crippen molar-refractivity contribution in [3.63, 3.8) is 0 Å². The first kappa shape index (κ1) is 50.3. The number of likely N-dealkylation sites (N-methyl/N-ethyl adjacent to an activating group) is 1. The highest BCUT2D eigenvalue weighted by Crippen LogP contribution is 2.08. The lowest BCUT2D eigenvalue weighted by atomic mass is 10.2. The van der Waals surface area contributed by atoms with Gasteiger partial charge in [-0.3, -0.25) is 0 Å². The van der Waals surface area contributed by atoms with E-state index in [4.69, 9.17) is 61.6 Å². The molecule has 1 rings (SSSR count). The molecule has 0 aliphatic heterocycles. The lowest BCUT2D eigenvalue weighted by Gasteiger charge is -2.24. The van der Waals surface area contributed by atoms with Gasteiger partial charge in [0.15, 0.2) is 0 Å². The summed E-state index contributed by atoms with van der Waals surface area (Å²) >= 11 is 0. The number of carbonyl (C=O) groups excluding carboxylic acids is 2. The number of hydrogen-bond donors (Lipinski definition) is 1. The lowest BCUT2D eigenvalue weighted by Crippen LogP contribution is -2.36. The fourth-order valence-electron chi connectivity index (χ4n) is 3.93. The minimum absolute atomic E-state index is 0.233. The van der Waals surface area contributed by atoms with Crippen LogP contribution >= 0.6 is 0 Å². The molecule has 0 aromatic heterocycles. The largest absolute Gasteiger partial charge is 0.445 e. The molecule has 0 radical (unpaired) electrons. The summed E-state index contributed by atoms with van der Waals surface area (Å²) in [6.07, 6.45) is -0.842. The van der Waals surface area contributed by atoms with Gasteiger partial charge < -0.3 is 71.8 Å². The molecule has 0 unspecified atom stereocenters. The molecular weight excluding hydrogens is 724 g/mol. The molecular formula is C38H68N2O15. The van der Waals surface area contributed by atoms with Gasteiger partial charge in [0.25, 0.3) is 0 Å². The first-order valence-corrected chi connectivity index (χ1v) is 19.0. The van der Waals surface area contributed by atoms with Crippen LogP contribution in [-0.4, -0.2) is 188 Å². The van der Waals surface area contributed by atoms with E-state index in [2.05, 4.69) is 5.32 Å². The van der Waals surface area contributed by atoms with E-state index in [0.717, 1.165) is 5.56 Å². The molecule has 0 heterocycles. The van der Waals surface area contributed by atoms with Gasteiger partial charge in [-0.05, 0) is 26.3 Å². The average molecular weight is 793 g/mol. The summed E-state index contributed by atoms with van der Waals surface area (Å²) in [6, 6.07) is 9.50. The van der Waals surface area contributed by atoms with Crippen LogP contribution < -0.4 is 5.32 Å². The summed E-state index contributed by atoms with van der Waals surface area (Å²) in [4.78, 5) is 25.0. The van der Waals surface area contributed by atoms with Crippen molar-refractivity contribution in [2.24, 2.45) is 0 Å². The summed E-state index contributed by atoms with van der Waals surface area (Å²) in [5.74, 6) is 0. The fourth-order valence-corrected chi connectivity index (χ4v) is 3.93.